The van der Waals surface area contributed by atoms with Crippen molar-refractivity contribution < 1.29 is 4.79 Å². The Morgan fingerprint density at radius 1 is 1.56 bits per heavy atom. The normalized spacial score (nSPS) is 18.2. The summed E-state index contributed by atoms with van der Waals surface area (Å²) in [6.07, 6.45) is 2.16. The van der Waals surface area contributed by atoms with E-state index in [-0.39, 0.29) is 11.2 Å². The average Bonchev–Trinajstić information content (AvgIpc) is 3.04. The van der Waals surface area contributed by atoms with Gasteiger partial charge in [0.1, 0.15) is 0 Å². The molecule has 0 radical (unpaired) electrons. The number of nitrogens with two attached hydrogens (primary N) is 1. The van der Waals surface area contributed by atoms with Crippen molar-refractivity contribution in [2.24, 2.45) is 5.73 Å². The highest BCUT2D eigenvalue weighted by atomic mass is 32.2. The first-order valence-electron chi connectivity index (χ1n) is 5.96. The third kappa shape index (κ3) is 3.77. The van der Waals surface area contributed by atoms with E-state index in [4.69, 9.17) is 5.73 Å². The molecule has 1 amide bonds. The molecule has 1 fully saturated rings. The van der Waals surface area contributed by atoms with E-state index in [1.54, 1.807) is 23.1 Å². The van der Waals surface area contributed by atoms with Crippen molar-refractivity contribution in [2.75, 3.05) is 12.3 Å². The van der Waals surface area contributed by atoms with Crippen LogP contribution in [0.4, 0.5) is 0 Å². The first-order chi connectivity index (χ1) is 8.79. The molecule has 3 N–H and O–H groups in total. The van der Waals surface area contributed by atoms with Gasteiger partial charge in [-0.1, -0.05) is 11.8 Å². The van der Waals surface area contributed by atoms with Gasteiger partial charge in [-0.3, -0.25) is 4.79 Å². The molecule has 0 aliphatic carbocycles. The van der Waals surface area contributed by atoms with Gasteiger partial charge in [0.2, 0.25) is 5.91 Å². The van der Waals surface area contributed by atoms with Gasteiger partial charge >= 0.3 is 0 Å². The van der Waals surface area contributed by atoms with E-state index >= 15 is 0 Å². The maximum Gasteiger partial charge on any atom is 0.233 e. The predicted octanol–water partition coefficient (Wildman–Crippen LogP) is 1.57. The minimum absolute atomic E-state index is 0.154. The largest absolute Gasteiger partial charge is 0.350 e. The zero-order valence-corrected chi connectivity index (χ0v) is 11.7. The molecule has 18 heavy (non-hydrogen) atoms. The number of carbonyl (C=O) groups excluding carboxylic acids is 1. The molecule has 1 atom stereocenters. The summed E-state index contributed by atoms with van der Waals surface area (Å²) in [5.74, 6) is 7.09. The highest BCUT2D eigenvalue weighted by Crippen LogP contribution is 2.26. The van der Waals surface area contributed by atoms with Gasteiger partial charge in [-0.25, -0.2) is 0 Å². The Morgan fingerprint density at radius 2 is 2.44 bits per heavy atom. The molecule has 1 aliphatic heterocycles. The lowest BCUT2D eigenvalue weighted by Gasteiger charge is -2.08. The Kier molecular flexibility index (Phi) is 5.12. The Bertz CT molecular complexity index is 467. The molecule has 2 heterocycles. The van der Waals surface area contributed by atoms with Crippen LogP contribution >= 0.6 is 23.1 Å². The number of thioether (sulfide) groups is 1. The Morgan fingerprint density at radius 3 is 3.17 bits per heavy atom. The predicted molar refractivity (Wildman–Crippen MR) is 77.6 cm³/mol. The minimum atomic E-state index is 0.154. The number of hydrogen-bond acceptors (Lipinski definition) is 4. The molecule has 1 aromatic heterocycles. The van der Waals surface area contributed by atoms with Gasteiger partial charge in [-0.2, -0.15) is 0 Å². The van der Waals surface area contributed by atoms with Crippen LogP contribution in [-0.4, -0.2) is 23.5 Å². The molecule has 3 nitrogen and oxygen atoms in total. The van der Waals surface area contributed by atoms with E-state index in [1.807, 2.05) is 12.1 Å². The van der Waals surface area contributed by atoms with Crippen molar-refractivity contribution in [1.82, 2.24) is 5.32 Å². The number of rotatable bonds is 3. The molecule has 0 aromatic carbocycles. The second-order valence-corrected chi connectivity index (χ2v) is 6.47. The summed E-state index contributed by atoms with van der Waals surface area (Å²) in [4.78, 5) is 14.0. The van der Waals surface area contributed by atoms with Crippen molar-refractivity contribution in [3.05, 3.63) is 21.9 Å². The minimum Gasteiger partial charge on any atom is -0.350 e. The fourth-order valence-electron chi connectivity index (χ4n) is 1.75. The molecule has 2 rings (SSSR count). The standard InChI is InChI=1S/C13H16N2OS2/c14-7-1-3-10-5-6-11(18-10)9-15-13(16)12-4-2-8-17-12/h5-6,12H,2,4,7-9,14H2,(H,15,16). The zero-order valence-electron chi connectivity index (χ0n) is 10.1. The summed E-state index contributed by atoms with van der Waals surface area (Å²) in [5, 5.41) is 3.14. The first-order valence-corrected chi connectivity index (χ1v) is 7.83. The first kappa shape index (κ1) is 13.5. The van der Waals surface area contributed by atoms with Gasteiger partial charge in [-0.05, 0) is 30.7 Å². The van der Waals surface area contributed by atoms with E-state index in [0.717, 1.165) is 28.3 Å². The lowest BCUT2D eigenvalue weighted by molar-refractivity contribution is -0.120. The quantitative estimate of drug-likeness (QED) is 0.826. The number of thiophene rings is 1. The Labute approximate surface area is 116 Å². The summed E-state index contributed by atoms with van der Waals surface area (Å²) in [7, 11) is 0. The highest BCUT2D eigenvalue weighted by Gasteiger charge is 2.22. The van der Waals surface area contributed by atoms with E-state index in [1.165, 1.54) is 0 Å². The maximum atomic E-state index is 11.8. The Hall–Kier alpha value is -0.960. The van der Waals surface area contributed by atoms with Gasteiger partial charge in [0.05, 0.1) is 23.2 Å². The summed E-state index contributed by atoms with van der Waals surface area (Å²) in [6, 6.07) is 3.98. The third-order valence-corrected chi connectivity index (χ3v) is 5.01. The molecule has 1 aliphatic rings. The van der Waals surface area contributed by atoms with E-state index < -0.39 is 0 Å². The van der Waals surface area contributed by atoms with Crippen molar-refractivity contribution in [3.63, 3.8) is 0 Å². The zero-order chi connectivity index (χ0) is 12.8. The van der Waals surface area contributed by atoms with Gasteiger partial charge in [0.15, 0.2) is 0 Å². The molecule has 0 saturated carbocycles. The second-order valence-electron chi connectivity index (χ2n) is 3.99. The number of amides is 1. The molecule has 0 spiro atoms. The lowest BCUT2D eigenvalue weighted by Crippen LogP contribution is -2.30. The number of hydrogen-bond donors (Lipinski definition) is 2. The molecule has 96 valence electrons. The van der Waals surface area contributed by atoms with Crippen LogP contribution in [-0.2, 0) is 11.3 Å². The van der Waals surface area contributed by atoms with Crippen molar-refractivity contribution in [2.45, 2.75) is 24.6 Å². The Balaban J connectivity index is 1.82. The molecule has 5 heteroatoms. The van der Waals surface area contributed by atoms with Crippen molar-refractivity contribution in [1.29, 1.82) is 0 Å². The third-order valence-electron chi connectivity index (χ3n) is 2.63. The molecule has 1 aromatic rings. The van der Waals surface area contributed by atoms with E-state index in [9.17, 15) is 4.79 Å². The van der Waals surface area contributed by atoms with Crippen LogP contribution in [0.15, 0.2) is 12.1 Å². The maximum absolute atomic E-state index is 11.8. The summed E-state index contributed by atoms with van der Waals surface area (Å²) in [5.41, 5.74) is 5.32. The topological polar surface area (TPSA) is 55.1 Å². The van der Waals surface area contributed by atoms with Gasteiger partial charge in [-0.15, -0.1) is 23.1 Å². The molecule has 1 saturated heterocycles. The van der Waals surface area contributed by atoms with Crippen LogP contribution in [0, 0.1) is 11.8 Å². The smallest absolute Gasteiger partial charge is 0.233 e. The van der Waals surface area contributed by atoms with Crippen LogP contribution in [0.25, 0.3) is 0 Å². The van der Waals surface area contributed by atoms with Crippen LogP contribution in [0.2, 0.25) is 0 Å². The summed E-state index contributed by atoms with van der Waals surface area (Å²) < 4.78 is 0. The van der Waals surface area contributed by atoms with Crippen LogP contribution in [0.5, 0.6) is 0 Å². The van der Waals surface area contributed by atoms with Gasteiger partial charge < -0.3 is 11.1 Å². The highest BCUT2D eigenvalue weighted by molar-refractivity contribution is 8.00. The molecular formula is C13H16N2OS2. The van der Waals surface area contributed by atoms with Crippen LogP contribution < -0.4 is 11.1 Å². The monoisotopic (exact) mass is 280 g/mol. The number of nitrogens with one attached hydrogen (secondary N) is 1. The molecule has 1 unspecified atom stereocenters. The SMILES string of the molecule is NCC#Cc1ccc(CNC(=O)C2CCCS2)s1. The average molecular weight is 280 g/mol. The lowest BCUT2D eigenvalue weighted by atomic mass is 10.2. The van der Waals surface area contributed by atoms with Gasteiger partial charge in [0, 0.05) is 4.88 Å². The molecule has 0 bridgehead atoms. The van der Waals surface area contributed by atoms with Crippen molar-refractivity contribution >= 4 is 29.0 Å². The fourth-order valence-corrected chi connectivity index (χ4v) is 3.76. The van der Waals surface area contributed by atoms with Gasteiger partial charge in [0.25, 0.3) is 0 Å². The van der Waals surface area contributed by atoms with E-state index in [0.29, 0.717) is 13.1 Å². The van der Waals surface area contributed by atoms with Crippen LogP contribution in [0.1, 0.15) is 22.6 Å². The summed E-state index contributed by atoms with van der Waals surface area (Å²) in [6.45, 7) is 0.980. The van der Waals surface area contributed by atoms with Crippen LogP contribution in [0.3, 0.4) is 0 Å². The second kappa shape index (κ2) is 6.83. The number of carbonyl (C=O) groups is 1. The summed E-state index contributed by atoms with van der Waals surface area (Å²) >= 11 is 3.36. The van der Waals surface area contributed by atoms with E-state index in [2.05, 4.69) is 17.2 Å². The fraction of sp³-hybridized carbons (Fsp3) is 0.462. The van der Waals surface area contributed by atoms with Crippen molar-refractivity contribution in [3.8, 4) is 11.8 Å². The molecular weight excluding hydrogens is 264 g/mol.